The Morgan fingerprint density at radius 3 is 2.73 bits per heavy atom. The van der Waals surface area contributed by atoms with Crippen molar-refractivity contribution >= 4 is 17.8 Å². The van der Waals surface area contributed by atoms with Gasteiger partial charge in [-0.25, -0.2) is 0 Å². The van der Waals surface area contributed by atoms with E-state index in [9.17, 15) is 14.4 Å². The first-order valence-electron chi connectivity index (χ1n) is 9.10. The molecule has 1 aromatic heterocycles. The van der Waals surface area contributed by atoms with E-state index in [0.29, 0.717) is 51.2 Å². The second-order valence-electron chi connectivity index (χ2n) is 7.07. The summed E-state index contributed by atoms with van der Waals surface area (Å²) < 4.78 is 5.36. The van der Waals surface area contributed by atoms with Gasteiger partial charge in [-0.1, -0.05) is 0 Å². The highest BCUT2D eigenvalue weighted by Crippen LogP contribution is 2.44. The summed E-state index contributed by atoms with van der Waals surface area (Å²) in [7, 11) is 0. The molecule has 3 rings (SSSR count). The molecule has 7 nitrogen and oxygen atoms in total. The van der Waals surface area contributed by atoms with Crippen LogP contribution in [0.15, 0.2) is 24.5 Å². The van der Waals surface area contributed by atoms with Crippen molar-refractivity contribution in [3.8, 4) is 0 Å². The molecule has 2 fully saturated rings. The lowest BCUT2D eigenvalue weighted by Crippen LogP contribution is -2.43. The predicted molar refractivity (Wildman–Crippen MR) is 94.2 cm³/mol. The van der Waals surface area contributed by atoms with E-state index in [2.05, 4.69) is 4.98 Å². The first-order chi connectivity index (χ1) is 12.5. The van der Waals surface area contributed by atoms with Gasteiger partial charge in [0.2, 0.25) is 5.91 Å². The maximum absolute atomic E-state index is 12.8. The number of carbonyl (C=O) groups is 3. The number of fused-ring (bicyclic) bond motifs is 1. The van der Waals surface area contributed by atoms with E-state index >= 15 is 0 Å². The highest BCUT2D eigenvalue weighted by Gasteiger charge is 2.55. The van der Waals surface area contributed by atoms with Crippen LogP contribution in [0.25, 0.3) is 0 Å². The van der Waals surface area contributed by atoms with Gasteiger partial charge in [0.15, 0.2) is 0 Å². The van der Waals surface area contributed by atoms with Gasteiger partial charge < -0.3 is 14.5 Å². The number of amides is 2. The Balaban J connectivity index is 1.86. The number of nitrogens with zero attached hydrogens (tertiary/aromatic N) is 3. The number of carbonyl (C=O) groups excluding carboxylic acids is 3. The van der Waals surface area contributed by atoms with E-state index in [4.69, 9.17) is 4.74 Å². The molecule has 0 aromatic carbocycles. The molecule has 2 saturated heterocycles. The summed E-state index contributed by atoms with van der Waals surface area (Å²) in [5.41, 5.74) is -0.177. The van der Waals surface area contributed by atoms with Gasteiger partial charge in [-0.2, -0.15) is 0 Å². The summed E-state index contributed by atoms with van der Waals surface area (Å²) in [6, 6.07) is 3.48. The van der Waals surface area contributed by atoms with Crippen LogP contribution < -0.4 is 0 Å². The summed E-state index contributed by atoms with van der Waals surface area (Å²) in [4.78, 5) is 45.1. The topological polar surface area (TPSA) is 79.8 Å². The van der Waals surface area contributed by atoms with Crippen LogP contribution >= 0.6 is 0 Å². The summed E-state index contributed by atoms with van der Waals surface area (Å²) in [5.74, 6) is -0.496. The highest BCUT2D eigenvalue weighted by molar-refractivity contribution is 5.94. The lowest BCUT2D eigenvalue weighted by Gasteiger charge is -2.31. The van der Waals surface area contributed by atoms with Gasteiger partial charge in [-0.05, 0) is 31.9 Å². The fourth-order valence-electron chi connectivity index (χ4n) is 4.14. The number of hydrogen-bond acceptors (Lipinski definition) is 5. The summed E-state index contributed by atoms with van der Waals surface area (Å²) in [5, 5.41) is 0. The molecule has 2 aliphatic rings. The number of pyridine rings is 1. The van der Waals surface area contributed by atoms with Crippen molar-refractivity contribution in [3.05, 3.63) is 30.1 Å². The van der Waals surface area contributed by atoms with Gasteiger partial charge in [0.05, 0.1) is 17.6 Å². The monoisotopic (exact) mass is 359 g/mol. The molecule has 1 aromatic rings. The fourth-order valence-corrected chi connectivity index (χ4v) is 4.14. The Morgan fingerprint density at radius 1 is 1.31 bits per heavy atom. The predicted octanol–water partition coefficient (Wildman–Crippen LogP) is 1.35. The van der Waals surface area contributed by atoms with Gasteiger partial charge >= 0.3 is 5.97 Å². The number of esters is 1. The first-order valence-corrected chi connectivity index (χ1v) is 9.10. The molecule has 0 spiro atoms. The standard InChI is InChI=1S/C19H25N3O4/c1-3-26-18(25)19-7-5-9-21(17(24)15-6-4-8-20-10-15)11-16(19)12-22(13-19)14(2)23/h4,6,8,10,16H,3,5,7,9,11-13H2,1-2H3/t16-,19-/m0/s1. The lowest BCUT2D eigenvalue weighted by atomic mass is 9.75. The molecule has 3 heterocycles. The third-order valence-electron chi connectivity index (χ3n) is 5.51. The van der Waals surface area contributed by atoms with E-state index in [1.54, 1.807) is 41.2 Å². The van der Waals surface area contributed by atoms with Crippen LogP contribution in [0.3, 0.4) is 0 Å². The van der Waals surface area contributed by atoms with Crippen molar-refractivity contribution in [2.24, 2.45) is 11.3 Å². The molecule has 0 aliphatic carbocycles. The van der Waals surface area contributed by atoms with Crippen molar-refractivity contribution < 1.29 is 19.1 Å². The third-order valence-corrected chi connectivity index (χ3v) is 5.51. The van der Waals surface area contributed by atoms with Crippen LogP contribution in [-0.4, -0.2) is 65.4 Å². The zero-order valence-electron chi connectivity index (χ0n) is 15.3. The Hall–Kier alpha value is -2.44. The Morgan fingerprint density at radius 2 is 2.08 bits per heavy atom. The summed E-state index contributed by atoms with van der Waals surface area (Å²) in [6.07, 6.45) is 4.51. The molecule has 0 N–H and O–H groups in total. The van der Waals surface area contributed by atoms with Crippen molar-refractivity contribution in [2.45, 2.75) is 26.7 Å². The maximum Gasteiger partial charge on any atom is 0.314 e. The molecule has 140 valence electrons. The van der Waals surface area contributed by atoms with Gasteiger partial charge in [0.1, 0.15) is 0 Å². The van der Waals surface area contributed by atoms with Crippen LogP contribution in [0.5, 0.6) is 0 Å². The average molecular weight is 359 g/mol. The largest absolute Gasteiger partial charge is 0.466 e. The molecule has 26 heavy (non-hydrogen) atoms. The number of likely N-dealkylation sites (tertiary alicyclic amines) is 2. The summed E-state index contributed by atoms with van der Waals surface area (Å²) >= 11 is 0. The zero-order chi connectivity index (χ0) is 18.7. The van der Waals surface area contributed by atoms with Gasteiger partial charge in [-0.3, -0.25) is 19.4 Å². The minimum Gasteiger partial charge on any atom is -0.466 e. The van der Waals surface area contributed by atoms with Crippen molar-refractivity contribution in [1.29, 1.82) is 0 Å². The molecule has 0 saturated carbocycles. The van der Waals surface area contributed by atoms with E-state index in [1.165, 1.54) is 6.92 Å². The second kappa shape index (κ2) is 7.43. The highest BCUT2D eigenvalue weighted by atomic mass is 16.5. The minimum absolute atomic E-state index is 0.0492. The molecule has 0 unspecified atom stereocenters. The molecule has 0 radical (unpaired) electrons. The third kappa shape index (κ3) is 3.30. The molecule has 2 atom stereocenters. The Labute approximate surface area is 153 Å². The Kier molecular flexibility index (Phi) is 5.25. The van der Waals surface area contributed by atoms with Gasteiger partial charge in [0.25, 0.3) is 5.91 Å². The van der Waals surface area contributed by atoms with E-state index < -0.39 is 5.41 Å². The van der Waals surface area contributed by atoms with Gasteiger partial charge in [0, 0.05) is 51.4 Å². The quantitative estimate of drug-likeness (QED) is 0.761. The van der Waals surface area contributed by atoms with Gasteiger partial charge in [-0.15, -0.1) is 0 Å². The van der Waals surface area contributed by atoms with Crippen LogP contribution in [0.4, 0.5) is 0 Å². The number of rotatable bonds is 3. The zero-order valence-corrected chi connectivity index (χ0v) is 15.3. The Bertz CT molecular complexity index is 693. The number of hydrogen-bond donors (Lipinski definition) is 0. The minimum atomic E-state index is -0.717. The van der Waals surface area contributed by atoms with E-state index in [1.807, 2.05) is 0 Å². The van der Waals surface area contributed by atoms with E-state index in [0.717, 1.165) is 0 Å². The molecular formula is C19H25N3O4. The molecule has 7 heteroatoms. The smallest absolute Gasteiger partial charge is 0.314 e. The van der Waals surface area contributed by atoms with Crippen LogP contribution in [0, 0.1) is 11.3 Å². The summed E-state index contributed by atoms with van der Waals surface area (Å²) in [6.45, 7) is 5.50. The van der Waals surface area contributed by atoms with Crippen molar-refractivity contribution in [3.63, 3.8) is 0 Å². The van der Waals surface area contributed by atoms with Crippen LogP contribution in [0.2, 0.25) is 0 Å². The second-order valence-corrected chi connectivity index (χ2v) is 7.07. The van der Waals surface area contributed by atoms with Crippen LogP contribution in [-0.2, 0) is 14.3 Å². The van der Waals surface area contributed by atoms with Crippen molar-refractivity contribution in [2.75, 3.05) is 32.8 Å². The SMILES string of the molecule is CCOC(=O)[C@]12CCCN(C(=O)c3cccnc3)C[C@H]1CN(C(C)=O)C2. The maximum atomic E-state index is 12.8. The van der Waals surface area contributed by atoms with Crippen LogP contribution in [0.1, 0.15) is 37.0 Å². The number of aromatic nitrogens is 1. The fraction of sp³-hybridized carbons (Fsp3) is 0.579. The lowest BCUT2D eigenvalue weighted by molar-refractivity contribution is -0.157. The molecule has 2 amide bonds. The first kappa shape index (κ1) is 18.4. The molecular weight excluding hydrogens is 334 g/mol. The molecule has 0 bridgehead atoms. The average Bonchev–Trinajstić information content (AvgIpc) is 2.91. The van der Waals surface area contributed by atoms with Crippen molar-refractivity contribution in [1.82, 2.24) is 14.8 Å². The molecule has 2 aliphatic heterocycles. The normalized spacial score (nSPS) is 25.4. The van der Waals surface area contributed by atoms with E-state index in [-0.39, 0.29) is 23.7 Å². The number of ether oxygens (including phenoxy) is 1.